The van der Waals surface area contributed by atoms with Gasteiger partial charge in [-0.2, -0.15) is 0 Å². The van der Waals surface area contributed by atoms with E-state index in [2.05, 4.69) is 5.32 Å². The van der Waals surface area contributed by atoms with Crippen molar-refractivity contribution in [1.29, 1.82) is 0 Å². The summed E-state index contributed by atoms with van der Waals surface area (Å²) in [4.78, 5) is 28.5. The van der Waals surface area contributed by atoms with Gasteiger partial charge in [0.25, 0.3) is 10.0 Å². The summed E-state index contributed by atoms with van der Waals surface area (Å²) >= 11 is 0. The molecule has 9 heteroatoms. The zero-order valence-electron chi connectivity index (χ0n) is 24.1. The zero-order valence-corrected chi connectivity index (χ0v) is 24.9. The quantitative estimate of drug-likeness (QED) is 0.342. The third kappa shape index (κ3) is 7.41. The highest BCUT2D eigenvalue weighted by atomic mass is 32.2. The zero-order chi connectivity index (χ0) is 29.4. The second kappa shape index (κ2) is 13.5. The molecule has 0 aliphatic heterocycles. The van der Waals surface area contributed by atoms with Crippen LogP contribution in [0.3, 0.4) is 0 Å². The van der Waals surface area contributed by atoms with Gasteiger partial charge in [-0.05, 0) is 87.2 Å². The van der Waals surface area contributed by atoms with E-state index in [0.717, 1.165) is 33.0 Å². The van der Waals surface area contributed by atoms with E-state index in [9.17, 15) is 18.0 Å². The molecule has 0 aromatic heterocycles. The number of carbonyl (C=O) groups excluding carboxylic acids is 2. The molecule has 1 N–H and O–H groups in total. The van der Waals surface area contributed by atoms with E-state index < -0.39 is 28.5 Å². The molecule has 0 saturated carbocycles. The summed E-state index contributed by atoms with van der Waals surface area (Å²) in [5.74, 6) is -0.195. The van der Waals surface area contributed by atoms with E-state index in [1.165, 1.54) is 17.0 Å². The number of hydrogen-bond donors (Lipinski definition) is 1. The molecule has 0 radical (unpaired) electrons. The van der Waals surface area contributed by atoms with Crippen molar-refractivity contribution in [2.75, 3.05) is 24.5 Å². The summed E-state index contributed by atoms with van der Waals surface area (Å²) in [6.45, 7) is 9.40. The van der Waals surface area contributed by atoms with Crippen molar-refractivity contribution in [3.05, 3.63) is 89.0 Å². The number of sulfonamides is 1. The molecule has 3 aromatic carbocycles. The Hall–Kier alpha value is -3.85. The number of nitrogens with zero attached hydrogens (tertiary/aromatic N) is 2. The predicted molar refractivity (Wildman–Crippen MR) is 158 cm³/mol. The molecule has 3 aromatic rings. The molecule has 8 nitrogen and oxygen atoms in total. The fraction of sp³-hybridized carbons (Fsp3) is 0.355. The lowest BCUT2D eigenvalue weighted by Gasteiger charge is -2.32. The van der Waals surface area contributed by atoms with E-state index in [4.69, 9.17) is 4.74 Å². The maximum Gasteiger partial charge on any atom is 0.264 e. The minimum Gasteiger partial charge on any atom is -0.497 e. The molecule has 1 atom stereocenters. The lowest BCUT2D eigenvalue weighted by atomic mass is 10.1. The van der Waals surface area contributed by atoms with E-state index in [-0.39, 0.29) is 17.3 Å². The summed E-state index contributed by atoms with van der Waals surface area (Å²) in [6.07, 6.45) is 0.748. The Morgan fingerprint density at radius 2 is 1.65 bits per heavy atom. The first-order valence-electron chi connectivity index (χ1n) is 13.3. The van der Waals surface area contributed by atoms with Crippen LogP contribution in [-0.2, 0) is 26.2 Å². The van der Waals surface area contributed by atoms with Crippen molar-refractivity contribution in [3.63, 3.8) is 0 Å². The van der Waals surface area contributed by atoms with Crippen molar-refractivity contribution in [2.45, 2.75) is 58.5 Å². The van der Waals surface area contributed by atoms with Gasteiger partial charge >= 0.3 is 0 Å². The Balaban J connectivity index is 2.05. The largest absolute Gasteiger partial charge is 0.497 e. The molecular formula is C31H39N3O5S. The number of aryl methyl sites for hydroxylation is 3. The number of carbonyl (C=O) groups is 2. The van der Waals surface area contributed by atoms with Crippen LogP contribution in [0.4, 0.5) is 5.69 Å². The second-order valence-electron chi connectivity index (χ2n) is 9.93. The number of anilines is 1. The summed E-state index contributed by atoms with van der Waals surface area (Å²) in [6, 6.07) is 18.2. The van der Waals surface area contributed by atoms with Crippen molar-refractivity contribution in [1.82, 2.24) is 10.2 Å². The van der Waals surface area contributed by atoms with Crippen LogP contribution in [0.25, 0.3) is 0 Å². The molecule has 40 heavy (non-hydrogen) atoms. The highest BCUT2D eigenvalue weighted by Crippen LogP contribution is 2.27. The molecule has 3 rings (SSSR count). The summed E-state index contributed by atoms with van der Waals surface area (Å²) in [7, 11) is -2.55. The van der Waals surface area contributed by atoms with Crippen molar-refractivity contribution >= 4 is 27.5 Å². The number of benzene rings is 3. The molecule has 214 valence electrons. The van der Waals surface area contributed by atoms with Gasteiger partial charge in [-0.25, -0.2) is 8.42 Å². The minimum absolute atomic E-state index is 0.0808. The smallest absolute Gasteiger partial charge is 0.264 e. The average Bonchev–Trinajstić information content (AvgIpc) is 2.94. The molecule has 0 saturated heterocycles. The van der Waals surface area contributed by atoms with Gasteiger partial charge in [0.1, 0.15) is 18.3 Å². The molecule has 1 unspecified atom stereocenters. The Morgan fingerprint density at radius 3 is 2.27 bits per heavy atom. The Morgan fingerprint density at radius 1 is 0.950 bits per heavy atom. The van der Waals surface area contributed by atoms with Gasteiger partial charge in [-0.3, -0.25) is 13.9 Å². The number of rotatable bonds is 12. The third-order valence-electron chi connectivity index (χ3n) is 6.87. The molecule has 0 bridgehead atoms. The SMILES string of the molecule is CCCNC(=O)C(C)N(Cc1cccc(OC)c1)C(=O)CN(c1ccc(C)c(C)c1)S(=O)(=O)c1ccc(C)cc1. The Kier molecular flexibility index (Phi) is 10.3. The normalized spacial score (nSPS) is 11.9. The van der Waals surface area contributed by atoms with Gasteiger partial charge in [0.05, 0.1) is 17.7 Å². The third-order valence-corrected chi connectivity index (χ3v) is 8.66. The van der Waals surface area contributed by atoms with Crippen molar-refractivity contribution < 1.29 is 22.7 Å². The van der Waals surface area contributed by atoms with Gasteiger partial charge in [-0.1, -0.05) is 42.8 Å². The average molecular weight is 566 g/mol. The molecule has 0 aliphatic rings. The lowest BCUT2D eigenvalue weighted by molar-refractivity contribution is -0.139. The maximum absolute atomic E-state index is 14.0. The molecule has 0 aliphatic carbocycles. The fourth-order valence-electron chi connectivity index (χ4n) is 4.19. The van der Waals surface area contributed by atoms with Crippen molar-refractivity contribution in [2.24, 2.45) is 0 Å². The van der Waals surface area contributed by atoms with Crippen LogP contribution in [0, 0.1) is 20.8 Å². The monoisotopic (exact) mass is 565 g/mol. The van der Waals surface area contributed by atoms with E-state index in [0.29, 0.717) is 18.0 Å². The number of amides is 2. The molecule has 0 heterocycles. The van der Waals surface area contributed by atoms with Crippen LogP contribution < -0.4 is 14.4 Å². The van der Waals surface area contributed by atoms with Crippen LogP contribution >= 0.6 is 0 Å². The van der Waals surface area contributed by atoms with Gasteiger partial charge in [-0.15, -0.1) is 0 Å². The van der Waals surface area contributed by atoms with Crippen LogP contribution in [0.1, 0.15) is 42.5 Å². The second-order valence-corrected chi connectivity index (χ2v) is 11.8. The summed E-state index contributed by atoms with van der Waals surface area (Å²) < 4.78 is 34.3. The maximum atomic E-state index is 14.0. The van der Waals surface area contributed by atoms with E-state index in [1.54, 1.807) is 50.4 Å². The van der Waals surface area contributed by atoms with Crippen LogP contribution in [-0.4, -0.2) is 51.4 Å². The van der Waals surface area contributed by atoms with E-state index in [1.807, 2.05) is 45.9 Å². The summed E-state index contributed by atoms with van der Waals surface area (Å²) in [5.41, 5.74) is 3.95. The first kappa shape index (κ1) is 30.7. The van der Waals surface area contributed by atoms with Crippen LogP contribution in [0.15, 0.2) is 71.6 Å². The Labute approximate surface area is 238 Å². The Bertz CT molecular complexity index is 1440. The molecule has 0 fully saturated rings. The van der Waals surface area contributed by atoms with Gasteiger partial charge in [0.15, 0.2) is 0 Å². The highest BCUT2D eigenvalue weighted by molar-refractivity contribution is 7.92. The number of hydrogen-bond acceptors (Lipinski definition) is 5. The van der Waals surface area contributed by atoms with Gasteiger partial charge < -0.3 is 15.0 Å². The van der Waals surface area contributed by atoms with Crippen molar-refractivity contribution in [3.8, 4) is 5.75 Å². The van der Waals surface area contributed by atoms with Gasteiger partial charge in [0, 0.05) is 13.1 Å². The first-order valence-corrected chi connectivity index (χ1v) is 14.8. The topological polar surface area (TPSA) is 96.0 Å². The summed E-state index contributed by atoms with van der Waals surface area (Å²) in [5, 5.41) is 2.85. The number of methoxy groups -OCH3 is 1. The minimum atomic E-state index is -4.11. The predicted octanol–water partition coefficient (Wildman–Crippen LogP) is 4.76. The number of nitrogens with one attached hydrogen (secondary N) is 1. The number of ether oxygens (including phenoxy) is 1. The standard InChI is InChI=1S/C31H39N3O5S/c1-7-17-32-31(36)25(5)33(20-26-9-8-10-28(19-26)39-6)30(35)21-34(27-14-13-23(3)24(4)18-27)40(37,38)29-15-11-22(2)12-16-29/h8-16,18-19,25H,7,17,20-21H2,1-6H3,(H,32,36). The van der Waals surface area contributed by atoms with Gasteiger partial charge in [0.2, 0.25) is 11.8 Å². The van der Waals surface area contributed by atoms with Crippen LogP contribution in [0.5, 0.6) is 5.75 Å². The fourth-order valence-corrected chi connectivity index (χ4v) is 5.60. The first-order chi connectivity index (χ1) is 19.0. The lowest BCUT2D eigenvalue weighted by Crippen LogP contribution is -2.51. The van der Waals surface area contributed by atoms with Crippen LogP contribution in [0.2, 0.25) is 0 Å². The molecule has 0 spiro atoms. The van der Waals surface area contributed by atoms with E-state index >= 15 is 0 Å². The highest BCUT2D eigenvalue weighted by Gasteiger charge is 2.32. The molecule has 2 amide bonds. The molecular weight excluding hydrogens is 526 g/mol.